The van der Waals surface area contributed by atoms with Gasteiger partial charge < -0.3 is 18.8 Å². The van der Waals surface area contributed by atoms with Gasteiger partial charge >= 0.3 is 5.97 Å². The third-order valence-corrected chi connectivity index (χ3v) is 5.65. The molecular weight excluding hydrogens is 438 g/mol. The first-order valence-electron chi connectivity index (χ1n) is 10.8. The highest BCUT2D eigenvalue weighted by molar-refractivity contribution is 6.00. The molecule has 1 aromatic carbocycles. The monoisotopic (exact) mass is 461 g/mol. The van der Waals surface area contributed by atoms with Crippen LogP contribution in [0.1, 0.15) is 43.8 Å². The minimum Gasteiger partial charge on any atom is -0.486 e. The van der Waals surface area contributed by atoms with E-state index in [0.717, 1.165) is 28.5 Å². The molecule has 0 N–H and O–H groups in total. The lowest BCUT2D eigenvalue weighted by molar-refractivity contribution is 0.0462. The number of Topliss-reactive ketones (excluding diaryl/α,β-unsaturated/α-hetero) is 1. The van der Waals surface area contributed by atoms with Crippen molar-refractivity contribution in [1.82, 2.24) is 24.1 Å². The number of aryl methyl sites for hydroxylation is 3. The summed E-state index contributed by atoms with van der Waals surface area (Å²) < 4.78 is 19.9. The van der Waals surface area contributed by atoms with Gasteiger partial charge in [0.25, 0.3) is 11.6 Å². The molecule has 0 saturated carbocycles. The topological polar surface area (TPSA) is 110 Å². The number of aromatic nitrogens is 5. The predicted molar refractivity (Wildman–Crippen MR) is 121 cm³/mol. The Balaban J connectivity index is 1.34. The standard InChI is InChI=1S/C24H23N5O5/c1-13-9-15(3)29-24(25-13)26-22(27-29)23(31)34-12-19(30)18-10-14(2)28(16(18)4)17-5-6-20-21(11-17)33-8-7-32-20/h5-6,9-11H,7-8,12H2,1-4H3. The molecule has 0 amide bonds. The van der Waals surface area contributed by atoms with Crippen LogP contribution in [0, 0.1) is 27.7 Å². The Labute approximate surface area is 195 Å². The highest BCUT2D eigenvalue weighted by Gasteiger charge is 2.22. The number of nitrogens with zero attached hydrogens (tertiary/aromatic N) is 5. The van der Waals surface area contributed by atoms with Crippen molar-refractivity contribution in [3.05, 3.63) is 64.5 Å². The molecule has 174 valence electrons. The zero-order valence-corrected chi connectivity index (χ0v) is 19.3. The summed E-state index contributed by atoms with van der Waals surface area (Å²) in [5, 5.41) is 4.15. The third-order valence-electron chi connectivity index (χ3n) is 5.65. The summed E-state index contributed by atoms with van der Waals surface area (Å²) in [6.45, 7) is 8.01. The number of carbonyl (C=O) groups excluding carboxylic acids is 2. The lowest BCUT2D eigenvalue weighted by Crippen LogP contribution is -2.16. The number of hydrogen-bond acceptors (Lipinski definition) is 8. The van der Waals surface area contributed by atoms with Gasteiger partial charge in [-0.25, -0.2) is 14.3 Å². The number of ether oxygens (including phenoxy) is 3. The number of carbonyl (C=O) groups is 2. The highest BCUT2D eigenvalue weighted by Crippen LogP contribution is 2.33. The van der Waals surface area contributed by atoms with Crippen molar-refractivity contribution in [3.63, 3.8) is 0 Å². The SMILES string of the molecule is Cc1cc(C)n2nc(C(=O)OCC(=O)c3cc(C)n(-c4ccc5c(c4)OCCO5)c3C)nc2n1. The van der Waals surface area contributed by atoms with Gasteiger partial charge in [-0.15, -0.1) is 5.10 Å². The Bertz CT molecular complexity index is 1450. The highest BCUT2D eigenvalue weighted by atomic mass is 16.6. The zero-order chi connectivity index (χ0) is 24.0. The largest absolute Gasteiger partial charge is 0.486 e. The van der Waals surface area contributed by atoms with E-state index in [9.17, 15) is 9.59 Å². The summed E-state index contributed by atoms with van der Waals surface area (Å²) in [6.07, 6.45) is 0. The van der Waals surface area contributed by atoms with Crippen LogP contribution in [0.15, 0.2) is 30.3 Å². The van der Waals surface area contributed by atoms with E-state index in [1.165, 1.54) is 4.52 Å². The molecule has 0 bridgehead atoms. The number of esters is 1. The van der Waals surface area contributed by atoms with Crippen molar-refractivity contribution >= 4 is 17.5 Å². The van der Waals surface area contributed by atoms with E-state index in [4.69, 9.17) is 14.2 Å². The van der Waals surface area contributed by atoms with E-state index < -0.39 is 12.6 Å². The minimum atomic E-state index is -0.781. The van der Waals surface area contributed by atoms with E-state index in [1.54, 1.807) is 6.07 Å². The van der Waals surface area contributed by atoms with E-state index in [1.807, 2.05) is 56.5 Å². The Morgan fingerprint density at radius 2 is 1.74 bits per heavy atom. The molecule has 3 aromatic heterocycles. The summed E-state index contributed by atoms with van der Waals surface area (Å²) in [5.41, 5.74) is 4.47. The van der Waals surface area contributed by atoms with Gasteiger partial charge in [-0.1, -0.05) is 0 Å². The van der Waals surface area contributed by atoms with E-state index in [0.29, 0.717) is 36.1 Å². The fourth-order valence-corrected chi connectivity index (χ4v) is 4.14. The third kappa shape index (κ3) is 3.76. The van der Waals surface area contributed by atoms with Crippen molar-refractivity contribution in [1.29, 1.82) is 0 Å². The smallest absolute Gasteiger partial charge is 0.378 e. The fourth-order valence-electron chi connectivity index (χ4n) is 4.14. The van der Waals surface area contributed by atoms with Crippen LogP contribution in [-0.4, -0.2) is 55.7 Å². The van der Waals surface area contributed by atoms with Gasteiger partial charge in [0.05, 0.1) is 0 Å². The summed E-state index contributed by atoms with van der Waals surface area (Å²) in [7, 11) is 0. The maximum Gasteiger partial charge on any atom is 0.378 e. The molecule has 4 aromatic rings. The van der Waals surface area contributed by atoms with E-state index in [-0.39, 0.29) is 11.6 Å². The fraction of sp³-hybridized carbons (Fsp3) is 0.292. The predicted octanol–water partition coefficient (Wildman–Crippen LogP) is 2.96. The molecule has 0 atom stereocenters. The Morgan fingerprint density at radius 3 is 2.53 bits per heavy atom. The molecule has 34 heavy (non-hydrogen) atoms. The molecule has 0 spiro atoms. The van der Waals surface area contributed by atoms with Crippen LogP contribution in [-0.2, 0) is 4.74 Å². The minimum absolute atomic E-state index is 0.143. The van der Waals surface area contributed by atoms with Gasteiger partial charge in [0.1, 0.15) is 13.2 Å². The summed E-state index contributed by atoms with van der Waals surface area (Å²) in [6, 6.07) is 9.26. The van der Waals surface area contributed by atoms with Crippen molar-refractivity contribution in [2.75, 3.05) is 19.8 Å². The first-order chi connectivity index (χ1) is 16.3. The molecule has 0 aliphatic carbocycles. The normalized spacial score (nSPS) is 12.7. The second kappa shape index (κ2) is 8.29. The van der Waals surface area contributed by atoms with Gasteiger partial charge in [0.15, 0.2) is 18.1 Å². The summed E-state index contributed by atoms with van der Waals surface area (Å²) in [4.78, 5) is 33.8. The van der Waals surface area contributed by atoms with Crippen LogP contribution >= 0.6 is 0 Å². The first-order valence-corrected chi connectivity index (χ1v) is 10.8. The molecule has 4 heterocycles. The lowest BCUT2D eigenvalue weighted by Gasteiger charge is -2.20. The zero-order valence-electron chi connectivity index (χ0n) is 19.3. The van der Waals surface area contributed by atoms with Crippen molar-refractivity contribution in [2.45, 2.75) is 27.7 Å². The molecule has 10 nitrogen and oxygen atoms in total. The summed E-state index contributed by atoms with van der Waals surface area (Å²) >= 11 is 0. The molecule has 10 heteroatoms. The molecule has 0 fully saturated rings. The quantitative estimate of drug-likeness (QED) is 0.330. The number of ketones is 1. The average Bonchev–Trinajstić information content (AvgIpc) is 3.37. The van der Waals surface area contributed by atoms with Gasteiger partial charge in [-0.2, -0.15) is 4.98 Å². The maximum absolute atomic E-state index is 12.9. The molecular formula is C24H23N5O5. The first kappa shape index (κ1) is 21.6. The van der Waals surface area contributed by atoms with Gasteiger partial charge in [0.2, 0.25) is 5.78 Å². The molecule has 0 saturated heterocycles. The Morgan fingerprint density at radius 1 is 0.971 bits per heavy atom. The number of fused-ring (bicyclic) bond motifs is 2. The second-order valence-corrected chi connectivity index (χ2v) is 8.13. The molecule has 0 radical (unpaired) electrons. The molecule has 1 aliphatic rings. The van der Waals surface area contributed by atoms with Crippen molar-refractivity contribution in [3.8, 4) is 17.2 Å². The molecule has 0 unspecified atom stereocenters. The Hall–Kier alpha value is -4.21. The van der Waals surface area contributed by atoms with Gasteiger partial charge in [-0.05, 0) is 52.0 Å². The van der Waals surface area contributed by atoms with Crippen LogP contribution in [0.3, 0.4) is 0 Å². The van der Waals surface area contributed by atoms with Crippen molar-refractivity contribution in [2.24, 2.45) is 0 Å². The molecule has 1 aliphatic heterocycles. The Kier molecular flexibility index (Phi) is 5.27. The maximum atomic E-state index is 12.9. The number of hydrogen-bond donors (Lipinski definition) is 0. The van der Waals surface area contributed by atoms with Crippen LogP contribution in [0.25, 0.3) is 11.5 Å². The molecule has 5 rings (SSSR count). The second-order valence-electron chi connectivity index (χ2n) is 8.13. The van der Waals surface area contributed by atoms with Crippen LogP contribution in [0.5, 0.6) is 11.5 Å². The number of benzene rings is 1. The average molecular weight is 461 g/mol. The van der Waals surface area contributed by atoms with Gasteiger partial charge in [0, 0.05) is 40.1 Å². The van der Waals surface area contributed by atoms with Crippen LogP contribution in [0.2, 0.25) is 0 Å². The number of rotatable bonds is 5. The lowest BCUT2D eigenvalue weighted by atomic mass is 10.1. The van der Waals surface area contributed by atoms with Crippen LogP contribution < -0.4 is 9.47 Å². The van der Waals surface area contributed by atoms with Crippen molar-refractivity contribution < 1.29 is 23.8 Å². The van der Waals surface area contributed by atoms with E-state index in [2.05, 4.69) is 15.1 Å². The van der Waals surface area contributed by atoms with E-state index >= 15 is 0 Å². The van der Waals surface area contributed by atoms with Gasteiger partial charge in [-0.3, -0.25) is 4.79 Å². The van der Waals surface area contributed by atoms with Crippen LogP contribution in [0.4, 0.5) is 0 Å². The summed E-state index contributed by atoms with van der Waals surface area (Å²) in [5.74, 6) is 0.421.